The minimum absolute atomic E-state index is 0.105. The van der Waals surface area contributed by atoms with Crippen molar-refractivity contribution >= 4 is 50.6 Å². The van der Waals surface area contributed by atoms with E-state index in [1.807, 2.05) is 29.9 Å². The molecule has 3 aromatic rings. The molecule has 0 N–H and O–H groups in total. The molecule has 0 unspecified atom stereocenters. The van der Waals surface area contributed by atoms with Gasteiger partial charge in [-0.1, -0.05) is 11.8 Å². The summed E-state index contributed by atoms with van der Waals surface area (Å²) < 4.78 is 0. The van der Waals surface area contributed by atoms with Crippen LogP contribution in [0.25, 0.3) is 10.2 Å². The molecular weight excluding hydrogens is 322 g/mol. The van der Waals surface area contributed by atoms with Gasteiger partial charge in [-0.15, -0.1) is 11.3 Å². The van der Waals surface area contributed by atoms with Crippen LogP contribution in [0.3, 0.4) is 0 Å². The van der Waals surface area contributed by atoms with Gasteiger partial charge >= 0.3 is 0 Å². The van der Waals surface area contributed by atoms with Crippen LogP contribution in [0, 0.1) is 0 Å². The monoisotopic (exact) mass is 335 g/mol. The topological polar surface area (TPSA) is 46.1 Å². The molecule has 0 aliphatic heterocycles. The van der Waals surface area contributed by atoms with Crippen LogP contribution in [0.2, 0.25) is 0 Å². The second-order valence-electron chi connectivity index (χ2n) is 4.49. The van der Waals surface area contributed by atoms with Crippen LogP contribution >= 0.6 is 34.4 Å². The van der Waals surface area contributed by atoms with Gasteiger partial charge in [0.25, 0.3) is 0 Å². The molecular formula is C14H13N3OS3. The lowest BCUT2D eigenvalue weighted by Gasteiger charge is -2.16. The maximum Gasteiger partial charge on any atom is 0.233 e. The number of carbonyl (C=O) groups is 1. The van der Waals surface area contributed by atoms with E-state index in [1.54, 1.807) is 33.9 Å². The third-order valence-corrected chi connectivity index (χ3v) is 5.53. The molecule has 3 aromatic heterocycles. The highest BCUT2D eigenvalue weighted by Gasteiger charge is 2.12. The number of thioether (sulfide) groups is 1. The van der Waals surface area contributed by atoms with Gasteiger partial charge in [-0.25, -0.2) is 9.97 Å². The van der Waals surface area contributed by atoms with Crippen molar-refractivity contribution in [2.75, 3.05) is 12.8 Å². The Kier molecular flexibility index (Phi) is 4.52. The second kappa shape index (κ2) is 6.55. The molecule has 3 heterocycles. The summed E-state index contributed by atoms with van der Waals surface area (Å²) in [4.78, 5) is 23.4. The number of nitrogens with zero attached hydrogens (tertiary/aromatic N) is 3. The van der Waals surface area contributed by atoms with E-state index in [-0.39, 0.29) is 5.91 Å². The molecule has 0 aliphatic carbocycles. The number of aromatic nitrogens is 2. The Bertz CT molecular complexity index is 739. The first kappa shape index (κ1) is 14.5. The smallest absolute Gasteiger partial charge is 0.233 e. The van der Waals surface area contributed by atoms with Crippen molar-refractivity contribution in [3.8, 4) is 0 Å². The van der Waals surface area contributed by atoms with Gasteiger partial charge in [0, 0.05) is 19.0 Å². The molecule has 0 atom stereocenters. The largest absolute Gasteiger partial charge is 0.341 e. The Hall–Kier alpha value is -1.44. The number of thiophene rings is 2. The first-order valence-corrected chi connectivity index (χ1v) is 9.11. The van der Waals surface area contributed by atoms with E-state index in [0.717, 1.165) is 15.2 Å². The van der Waals surface area contributed by atoms with Crippen molar-refractivity contribution in [3.63, 3.8) is 0 Å². The van der Waals surface area contributed by atoms with Gasteiger partial charge in [0.05, 0.1) is 5.75 Å². The first-order chi connectivity index (χ1) is 10.2. The third-order valence-electron chi connectivity index (χ3n) is 2.98. The van der Waals surface area contributed by atoms with Gasteiger partial charge in [-0.3, -0.25) is 4.79 Å². The molecule has 0 aliphatic rings. The van der Waals surface area contributed by atoms with Gasteiger partial charge in [0.15, 0.2) is 0 Å². The van der Waals surface area contributed by atoms with E-state index < -0.39 is 0 Å². The summed E-state index contributed by atoms with van der Waals surface area (Å²) in [5.41, 5.74) is 1.17. The van der Waals surface area contributed by atoms with Crippen molar-refractivity contribution in [2.45, 2.75) is 11.6 Å². The molecule has 0 radical (unpaired) electrons. The molecule has 1 amide bonds. The zero-order chi connectivity index (χ0) is 14.7. The summed E-state index contributed by atoms with van der Waals surface area (Å²) in [7, 11) is 1.83. The summed E-state index contributed by atoms with van der Waals surface area (Å²) in [5.74, 6) is 0.496. The SMILES string of the molecule is CN(Cc1ccsc1)C(=O)CSc1ncnc2sccc12. The van der Waals surface area contributed by atoms with Gasteiger partial charge < -0.3 is 4.90 Å². The Morgan fingerprint density at radius 2 is 2.24 bits per heavy atom. The van der Waals surface area contributed by atoms with Crippen molar-refractivity contribution in [2.24, 2.45) is 0 Å². The predicted octanol–water partition coefficient (Wildman–Crippen LogP) is 3.50. The quantitative estimate of drug-likeness (QED) is 0.529. The van der Waals surface area contributed by atoms with Gasteiger partial charge in [-0.05, 0) is 33.8 Å². The number of fused-ring (bicyclic) bond motifs is 1. The first-order valence-electron chi connectivity index (χ1n) is 6.30. The Balaban J connectivity index is 1.61. The molecule has 4 nitrogen and oxygen atoms in total. The summed E-state index contributed by atoms with van der Waals surface area (Å²) in [6.07, 6.45) is 1.56. The van der Waals surface area contributed by atoms with Crippen LogP contribution in [-0.2, 0) is 11.3 Å². The van der Waals surface area contributed by atoms with Crippen molar-refractivity contribution in [1.29, 1.82) is 0 Å². The fraction of sp³-hybridized carbons (Fsp3) is 0.214. The lowest BCUT2D eigenvalue weighted by atomic mass is 10.3. The summed E-state index contributed by atoms with van der Waals surface area (Å²) in [6, 6.07) is 4.04. The van der Waals surface area contributed by atoms with Gasteiger partial charge in [0.2, 0.25) is 5.91 Å². The van der Waals surface area contributed by atoms with Crippen molar-refractivity contribution < 1.29 is 4.79 Å². The highest BCUT2D eigenvalue weighted by atomic mass is 32.2. The molecule has 3 rings (SSSR count). The number of amides is 1. The molecule has 0 aromatic carbocycles. The molecule has 0 spiro atoms. The fourth-order valence-corrected chi connectivity index (χ4v) is 4.25. The lowest BCUT2D eigenvalue weighted by molar-refractivity contribution is -0.127. The Morgan fingerprint density at radius 3 is 3.05 bits per heavy atom. The lowest BCUT2D eigenvalue weighted by Crippen LogP contribution is -2.27. The predicted molar refractivity (Wildman–Crippen MR) is 88.9 cm³/mol. The second-order valence-corrected chi connectivity index (χ2v) is 7.13. The number of hydrogen-bond acceptors (Lipinski definition) is 6. The molecule has 7 heteroatoms. The number of rotatable bonds is 5. The summed E-state index contributed by atoms with van der Waals surface area (Å²) in [5, 5.41) is 7.99. The van der Waals surface area contributed by atoms with Crippen LogP contribution in [-0.4, -0.2) is 33.6 Å². The summed E-state index contributed by atoms with van der Waals surface area (Å²) >= 11 is 4.70. The molecule has 0 bridgehead atoms. The van der Waals surface area contributed by atoms with Crippen molar-refractivity contribution in [3.05, 3.63) is 40.2 Å². The average Bonchev–Trinajstić information content (AvgIpc) is 3.15. The van der Waals surface area contributed by atoms with E-state index in [1.165, 1.54) is 17.3 Å². The van der Waals surface area contributed by atoms with E-state index in [0.29, 0.717) is 12.3 Å². The highest BCUT2D eigenvalue weighted by Crippen LogP contribution is 2.27. The summed E-state index contributed by atoms with van der Waals surface area (Å²) in [6.45, 7) is 0.653. The van der Waals surface area contributed by atoms with Gasteiger partial charge in [-0.2, -0.15) is 11.3 Å². The third kappa shape index (κ3) is 3.42. The van der Waals surface area contributed by atoms with Gasteiger partial charge in [0.1, 0.15) is 16.2 Å². The molecule has 21 heavy (non-hydrogen) atoms. The molecule has 0 fully saturated rings. The number of hydrogen-bond donors (Lipinski definition) is 0. The van der Waals surface area contributed by atoms with Crippen LogP contribution in [0.5, 0.6) is 0 Å². The molecule has 0 saturated carbocycles. The van der Waals surface area contributed by atoms with Crippen LogP contribution < -0.4 is 0 Å². The fourth-order valence-electron chi connectivity index (χ4n) is 1.87. The Morgan fingerprint density at radius 1 is 1.33 bits per heavy atom. The zero-order valence-corrected chi connectivity index (χ0v) is 13.8. The van der Waals surface area contributed by atoms with E-state index in [9.17, 15) is 4.79 Å². The Labute approximate surface area is 134 Å². The van der Waals surface area contributed by atoms with Crippen LogP contribution in [0.15, 0.2) is 39.6 Å². The van der Waals surface area contributed by atoms with Crippen LogP contribution in [0.4, 0.5) is 0 Å². The highest BCUT2D eigenvalue weighted by molar-refractivity contribution is 8.00. The van der Waals surface area contributed by atoms with Crippen LogP contribution in [0.1, 0.15) is 5.56 Å². The van der Waals surface area contributed by atoms with E-state index >= 15 is 0 Å². The number of carbonyl (C=O) groups excluding carboxylic acids is 1. The minimum atomic E-state index is 0.105. The standard InChI is InChI=1S/C14H13N3OS3/c1-17(6-10-2-4-19-7-10)12(18)8-21-14-11-3-5-20-13(11)15-9-16-14/h2-5,7,9H,6,8H2,1H3. The molecule has 108 valence electrons. The van der Waals surface area contributed by atoms with E-state index in [4.69, 9.17) is 0 Å². The average molecular weight is 335 g/mol. The maximum atomic E-state index is 12.2. The molecule has 0 saturated heterocycles. The normalized spacial score (nSPS) is 10.9. The maximum absolute atomic E-state index is 12.2. The minimum Gasteiger partial charge on any atom is -0.341 e. The zero-order valence-electron chi connectivity index (χ0n) is 11.4. The van der Waals surface area contributed by atoms with Crippen molar-refractivity contribution in [1.82, 2.24) is 14.9 Å². The van der Waals surface area contributed by atoms with E-state index in [2.05, 4.69) is 15.3 Å².